The summed E-state index contributed by atoms with van der Waals surface area (Å²) in [5.74, 6) is -0.780. The molecule has 0 saturated heterocycles. The number of aromatic nitrogens is 2. The minimum absolute atomic E-state index is 0.0361. The topological polar surface area (TPSA) is 85.4 Å². The van der Waals surface area contributed by atoms with Crippen molar-refractivity contribution < 1.29 is 23.0 Å². The first-order chi connectivity index (χ1) is 13.5. The minimum atomic E-state index is -0.770. The maximum absolute atomic E-state index is 13.7. The van der Waals surface area contributed by atoms with Gasteiger partial charge in [-0.2, -0.15) is 0 Å². The number of anilines is 3. The maximum Gasteiger partial charge on any atom is 0.275 e. The smallest absolute Gasteiger partial charge is 0.275 e. The molecule has 1 aromatic heterocycles. The third-order valence-corrected chi connectivity index (χ3v) is 3.73. The Morgan fingerprint density at radius 1 is 0.964 bits per heavy atom. The predicted octanol–water partition coefficient (Wildman–Crippen LogP) is 3.77. The molecule has 28 heavy (non-hydrogen) atoms. The highest BCUT2D eigenvalue weighted by molar-refractivity contribution is 6.03. The number of amides is 1. The summed E-state index contributed by atoms with van der Waals surface area (Å²) in [5, 5.41) is 5.33. The van der Waals surface area contributed by atoms with E-state index in [2.05, 4.69) is 20.6 Å². The monoisotopic (exact) mass is 386 g/mol. The molecule has 0 radical (unpaired) electrons. The van der Waals surface area contributed by atoms with Gasteiger partial charge < -0.3 is 20.1 Å². The molecule has 2 aromatic carbocycles. The van der Waals surface area contributed by atoms with E-state index in [0.29, 0.717) is 17.2 Å². The lowest BCUT2D eigenvalue weighted by molar-refractivity contribution is 0.102. The van der Waals surface area contributed by atoms with Gasteiger partial charge in [0.1, 0.15) is 34.6 Å². The number of halogens is 2. The fourth-order valence-corrected chi connectivity index (χ4v) is 2.34. The van der Waals surface area contributed by atoms with Gasteiger partial charge in [0, 0.05) is 12.1 Å². The number of ether oxygens (including phenoxy) is 2. The van der Waals surface area contributed by atoms with E-state index in [9.17, 15) is 13.6 Å². The summed E-state index contributed by atoms with van der Waals surface area (Å²) < 4.78 is 37.0. The molecular weight excluding hydrogens is 370 g/mol. The molecule has 3 aromatic rings. The normalized spacial score (nSPS) is 10.3. The van der Waals surface area contributed by atoms with E-state index < -0.39 is 17.5 Å². The number of nitrogens with one attached hydrogen (secondary N) is 2. The molecule has 0 aliphatic carbocycles. The highest BCUT2D eigenvalue weighted by atomic mass is 19.1. The summed E-state index contributed by atoms with van der Waals surface area (Å²) in [6, 6.07) is 8.06. The van der Waals surface area contributed by atoms with Crippen LogP contribution in [0.15, 0.2) is 48.8 Å². The van der Waals surface area contributed by atoms with Gasteiger partial charge in [0.2, 0.25) is 0 Å². The average Bonchev–Trinajstić information content (AvgIpc) is 2.70. The van der Waals surface area contributed by atoms with Crippen LogP contribution in [-0.2, 0) is 0 Å². The largest absolute Gasteiger partial charge is 0.497 e. The van der Waals surface area contributed by atoms with Crippen LogP contribution in [0.4, 0.5) is 26.0 Å². The number of methoxy groups -OCH3 is 2. The zero-order valence-corrected chi connectivity index (χ0v) is 15.0. The van der Waals surface area contributed by atoms with Crippen molar-refractivity contribution in [1.82, 2.24) is 9.97 Å². The first-order valence-electron chi connectivity index (χ1n) is 8.07. The van der Waals surface area contributed by atoms with Crippen molar-refractivity contribution in [2.45, 2.75) is 0 Å². The molecule has 0 aliphatic heterocycles. The molecule has 0 spiro atoms. The van der Waals surface area contributed by atoms with Crippen LogP contribution in [0.1, 0.15) is 10.5 Å². The fraction of sp³-hybridized carbons (Fsp3) is 0.105. The molecule has 0 bridgehead atoms. The van der Waals surface area contributed by atoms with Crippen LogP contribution < -0.4 is 20.1 Å². The first kappa shape index (κ1) is 19.0. The van der Waals surface area contributed by atoms with Crippen LogP contribution in [0.2, 0.25) is 0 Å². The summed E-state index contributed by atoms with van der Waals surface area (Å²) in [6.07, 6.45) is 2.49. The molecule has 9 heteroatoms. The van der Waals surface area contributed by atoms with Gasteiger partial charge in [-0.05, 0) is 24.3 Å². The molecule has 2 N–H and O–H groups in total. The standard InChI is InChI=1S/C19H16F2N4O3/c1-27-12-4-6-17(28-2)15(8-12)25-19(26)16-9-23-18(10-22-16)24-14-5-3-11(20)7-13(14)21/h3-10H,1-2H3,(H,23,24)(H,25,26). The second kappa shape index (κ2) is 8.30. The second-order valence-electron chi connectivity index (χ2n) is 5.56. The lowest BCUT2D eigenvalue weighted by Crippen LogP contribution is -2.15. The Kier molecular flexibility index (Phi) is 5.64. The summed E-state index contributed by atoms with van der Waals surface area (Å²) in [5.41, 5.74) is 0.480. The Bertz CT molecular complexity index is 997. The average molecular weight is 386 g/mol. The van der Waals surface area contributed by atoms with E-state index in [4.69, 9.17) is 9.47 Å². The van der Waals surface area contributed by atoms with Gasteiger partial charge in [-0.3, -0.25) is 4.79 Å². The summed E-state index contributed by atoms with van der Waals surface area (Å²) in [4.78, 5) is 20.4. The van der Waals surface area contributed by atoms with Gasteiger partial charge in [0.15, 0.2) is 0 Å². The fourth-order valence-electron chi connectivity index (χ4n) is 2.34. The molecule has 0 unspecified atom stereocenters. The highest BCUT2D eigenvalue weighted by Gasteiger charge is 2.13. The quantitative estimate of drug-likeness (QED) is 0.671. The molecule has 3 rings (SSSR count). The minimum Gasteiger partial charge on any atom is -0.497 e. The third-order valence-electron chi connectivity index (χ3n) is 3.73. The maximum atomic E-state index is 13.7. The Hall–Kier alpha value is -3.75. The van der Waals surface area contributed by atoms with Crippen molar-refractivity contribution in [3.63, 3.8) is 0 Å². The predicted molar refractivity (Wildman–Crippen MR) is 99.2 cm³/mol. The number of hydrogen-bond donors (Lipinski definition) is 2. The number of hydrogen-bond acceptors (Lipinski definition) is 6. The van der Waals surface area contributed by atoms with Crippen molar-refractivity contribution in [2.75, 3.05) is 24.9 Å². The lowest BCUT2D eigenvalue weighted by atomic mass is 10.2. The van der Waals surface area contributed by atoms with Gasteiger partial charge in [0.25, 0.3) is 5.91 Å². The zero-order valence-electron chi connectivity index (χ0n) is 15.0. The van der Waals surface area contributed by atoms with Crippen LogP contribution >= 0.6 is 0 Å². The van der Waals surface area contributed by atoms with Gasteiger partial charge in [0.05, 0.1) is 38.0 Å². The Balaban J connectivity index is 1.73. The van der Waals surface area contributed by atoms with Crippen molar-refractivity contribution in [1.29, 1.82) is 0 Å². The number of rotatable bonds is 6. The number of carbonyl (C=O) groups is 1. The third kappa shape index (κ3) is 4.32. The molecule has 0 aliphatic rings. The first-order valence-corrected chi connectivity index (χ1v) is 8.07. The van der Waals surface area contributed by atoms with Crippen LogP contribution in [-0.4, -0.2) is 30.1 Å². The van der Waals surface area contributed by atoms with E-state index in [1.54, 1.807) is 18.2 Å². The summed E-state index contributed by atoms with van der Waals surface area (Å²) in [6.45, 7) is 0. The summed E-state index contributed by atoms with van der Waals surface area (Å²) >= 11 is 0. The van der Waals surface area contributed by atoms with Crippen LogP contribution in [0.25, 0.3) is 0 Å². The van der Waals surface area contributed by atoms with Crippen LogP contribution in [0.5, 0.6) is 11.5 Å². The molecule has 1 heterocycles. The van der Waals surface area contributed by atoms with Crippen molar-refractivity contribution >= 4 is 23.1 Å². The molecule has 144 valence electrons. The molecule has 7 nitrogen and oxygen atoms in total. The van der Waals surface area contributed by atoms with Gasteiger partial charge in [-0.25, -0.2) is 18.7 Å². The lowest BCUT2D eigenvalue weighted by Gasteiger charge is -2.11. The van der Waals surface area contributed by atoms with E-state index >= 15 is 0 Å². The van der Waals surface area contributed by atoms with Crippen LogP contribution in [0, 0.1) is 11.6 Å². The Morgan fingerprint density at radius 3 is 2.43 bits per heavy atom. The molecule has 0 atom stereocenters. The van der Waals surface area contributed by atoms with E-state index in [-0.39, 0.29) is 17.2 Å². The van der Waals surface area contributed by atoms with E-state index in [1.807, 2.05) is 0 Å². The summed E-state index contributed by atoms with van der Waals surface area (Å²) in [7, 11) is 2.99. The van der Waals surface area contributed by atoms with E-state index in [1.165, 1.54) is 32.7 Å². The molecular formula is C19H16F2N4O3. The molecule has 0 fully saturated rings. The zero-order chi connectivity index (χ0) is 20.1. The van der Waals surface area contributed by atoms with E-state index in [0.717, 1.165) is 12.1 Å². The van der Waals surface area contributed by atoms with Crippen molar-refractivity contribution in [2.24, 2.45) is 0 Å². The number of nitrogens with zero attached hydrogens (tertiary/aromatic N) is 2. The Morgan fingerprint density at radius 2 is 1.79 bits per heavy atom. The number of benzene rings is 2. The van der Waals surface area contributed by atoms with Crippen molar-refractivity contribution in [3.05, 3.63) is 66.1 Å². The van der Waals surface area contributed by atoms with Crippen LogP contribution in [0.3, 0.4) is 0 Å². The van der Waals surface area contributed by atoms with Gasteiger partial charge in [-0.15, -0.1) is 0 Å². The second-order valence-corrected chi connectivity index (χ2v) is 5.56. The van der Waals surface area contributed by atoms with Crippen molar-refractivity contribution in [3.8, 4) is 11.5 Å². The number of carbonyl (C=O) groups excluding carboxylic acids is 1. The molecule has 0 saturated carbocycles. The molecule has 1 amide bonds. The highest BCUT2D eigenvalue weighted by Crippen LogP contribution is 2.29. The SMILES string of the molecule is COc1ccc(OC)c(NC(=O)c2cnc(Nc3ccc(F)cc3F)cn2)c1. The van der Waals surface area contributed by atoms with Gasteiger partial charge in [-0.1, -0.05) is 0 Å². The Labute approximate surface area is 159 Å². The van der Waals surface area contributed by atoms with Gasteiger partial charge >= 0.3 is 0 Å².